The van der Waals surface area contributed by atoms with E-state index >= 15 is 0 Å². The molecule has 0 unspecified atom stereocenters. The minimum Gasteiger partial charge on any atom is -0.494 e. The monoisotopic (exact) mass is 354 g/mol. The van der Waals surface area contributed by atoms with Crippen molar-refractivity contribution < 1.29 is 13.9 Å². The van der Waals surface area contributed by atoms with Crippen LogP contribution in [0.5, 0.6) is 11.5 Å². The molecule has 129 valence electrons. The highest BCUT2D eigenvalue weighted by Gasteiger charge is 2.07. The Hall–Kier alpha value is -2.40. The minimum atomic E-state index is 0.414. The molecule has 2 aromatic carbocycles. The van der Waals surface area contributed by atoms with E-state index in [1.54, 1.807) is 18.0 Å². The summed E-state index contributed by atoms with van der Waals surface area (Å²) in [6, 6.07) is 17.5. The number of thioether (sulfide) groups is 1. The molecule has 0 aliphatic heterocycles. The summed E-state index contributed by atoms with van der Waals surface area (Å²) in [5.41, 5.74) is 0.979. The Morgan fingerprint density at radius 2 is 1.72 bits per heavy atom. The van der Waals surface area contributed by atoms with Crippen molar-refractivity contribution in [2.75, 3.05) is 19.0 Å². The molecule has 5 heteroatoms. The zero-order valence-corrected chi connectivity index (χ0v) is 14.7. The van der Waals surface area contributed by atoms with E-state index < -0.39 is 0 Å². The van der Waals surface area contributed by atoms with Gasteiger partial charge in [-0.3, -0.25) is 0 Å². The van der Waals surface area contributed by atoms with Crippen LogP contribution < -0.4 is 9.47 Å². The molecule has 0 spiro atoms. The first-order valence-electron chi connectivity index (χ1n) is 8.08. The van der Waals surface area contributed by atoms with E-state index in [-0.39, 0.29) is 0 Å². The van der Waals surface area contributed by atoms with Gasteiger partial charge in [0.15, 0.2) is 5.76 Å². The zero-order valence-electron chi connectivity index (χ0n) is 13.9. The van der Waals surface area contributed by atoms with E-state index in [4.69, 9.17) is 13.9 Å². The second-order valence-corrected chi connectivity index (χ2v) is 6.31. The van der Waals surface area contributed by atoms with Gasteiger partial charge in [-0.2, -0.15) is 0 Å². The van der Waals surface area contributed by atoms with E-state index in [2.05, 4.69) is 11.9 Å². The molecule has 0 saturated heterocycles. The lowest BCUT2D eigenvalue weighted by Gasteiger charge is -2.04. The number of aromatic nitrogens is 1. The predicted molar refractivity (Wildman–Crippen MR) is 101 cm³/mol. The van der Waals surface area contributed by atoms with Gasteiger partial charge in [0.05, 0.1) is 25.2 Å². The van der Waals surface area contributed by atoms with Crippen LogP contribution in [0.1, 0.15) is 5.89 Å². The van der Waals surface area contributed by atoms with Gasteiger partial charge in [0, 0.05) is 11.3 Å². The van der Waals surface area contributed by atoms with Gasteiger partial charge in [-0.15, -0.1) is 11.8 Å². The van der Waals surface area contributed by atoms with Crippen molar-refractivity contribution in [1.82, 2.24) is 4.98 Å². The van der Waals surface area contributed by atoms with Crippen LogP contribution >= 0.6 is 11.8 Å². The number of rotatable bonds is 9. The smallest absolute Gasteiger partial charge is 0.204 e. The van der Waals surface area contributed by atoms with E-state index in [0.717, 1.165) is 40.2 Å². The Balaban J connectivity index is 1.43. The Morgan fingerprint density at radius 3 is 2.48 bits per heavy atom. The first-order valence-corrected chi connectivity index (χ1v) is 9.23. The molecule has 0 saturated carbocycles. The van der Waals surface area contributed by atoms with Gasteiger partial charge < -0.3 is 13.9 Å². The number of benzene rings is 2. The summed E-state index contributed by atoms with van der Waals surface area (Å²) >= 11 is 1.73. The van der Waals surface area contributed by atoms with Crippen LogP contribution in [-0.4, -0.2) is 24.0 Å². The molecule has 0 amide bonds. The van der Waals surface area contributed by atoms with Crippen LogP contribution in [0, 0.1) is 6.92 Å². The van der Waals surface area contributed by atoms with Gasteiger partial charge in [-0.1, -0.05) is 18.2 Å². The average molecular weight is 354 g/mol. The van der Waals surface area contributed by atoms with Crippen molar-refractivity contribution in [2.24, 2.45) is 0 Å². The third kappa shape index (κ3) is 5.29. The lowest BCUT2D eigenvalue weighted by Crippen LogP contribution is -2.00. The fraction of sp³-hybridized carbons (Fsp3) is 0.200. The van der Waals surface area contributed by atoms with Crippen molar-refractivity contribution in [3.8, 4) is 22.8 Å². The molecule has 1 radical (unpaired) electrons. The molecule has 0 atom stereocenters. The number of hydrogen-bond donors (Lipinski definition) is 0. The summed E-state index contributed by atoms with van der Waals surface area (Å²) in [6.45, 7) is 4.74. The standard InChI is InChI=1S/C20H20NO3S/c1-2-22-18-10-8-16(9-11-18)19-14-21-20(24-19)15-25-13-12-23-17-6-4-3-5-7-17/h3-11,14H,1-2,12-13,15H2. The lowest BCUT2D eigenvalue weighted by atomic mass is 10.2. The SMILES string of the molecule is [CH2]COc1ccc(-c2cnc(CSCCOc3ccccc3)o2)cc1. The molecule has 4 nitrogen and oxygen atoms in total. The molecule has 0 aliphatic carbocycles. The molecule has 3 aromatic rings. The van der Waals surface area contributed by atoms with Gasteiger partial charge >= 0.3 is 0 Å². The topological polar surface area (TPSA) is 44.5 Å². The highest BCUT2D eigenvalue weighted by atomic mass is 32.2. The molecule has 0 fully saturated rings. The van der Waals surface area contributed by atoms with Crippen molar-refractivity contribution >= 4 is 11.8 Å². The predicted octanol–water partition coefficient (Wildman–Crippen LogP) is 4.87. The van der Waals surface area contributed by atoms with Crippen LogP contribution in [0.4, 0.5) is 0 Å². The number of para-hydroxylation sites is 1. The fourth-order valence-electron chi connectivity index (χ4n) is 2.24. The lowest BCUT2D eigenvalue weighted by molar-refractivity contribution is 0.344. The van der Waals surface area contributed by atoms with Gasteiger partial charge in [-0.05, 0) is 43.3 Å². The third-order valence-corrected chi connectivity index (χ3v) is 4.33. The molecule has 3 rings (SSSR count). The number of hydrogen-bond acceptors (Lipinski definition) is 5. The largest absolute Gasteiger partial charge is 0.494 e. The highest BCUT2D eigenvalue weighted by Crippen LogP contribution is 2.24. The fourth-order valence-corrected chi connectivity index (χ4v) is 2.89. The van der Waals surface area contributed by atoms with Crippen LogP contribution in [0.15, 0.2) is 65.2 Å². The second kappa shape index (κ2) is 9.18. The van der Waals surface area contributed by atoms with Crippen LogP contribution in [0.2, 0.25) is 0 Å². The first kappa shape index (κ1) is 17.4. The van der Waals surface area contributed by atoms with Crippen molar-refractivity contribution in [3.05, 3.63) is 73.6 Å². The van der Waals surface area contributed by atoms with Gasteiger partial charge in [-0.25, -0.2) is 4.98 Å². The maximum Gasteiger partial charge on any atom is 0.204 e. The molecule has 0 aliphatic rings. The summed E-state index contributed by atoms with van der Waals surface area (Å²) in [4.78, 5) is 4.34. The Kier molecular flexibility index (Phi) is 6.40. The Labute approximate surface area is 152 Å². The van der Waals surface area contributed by atoms with E-state index in [1.165, 1.54) is 0 Å². The van der Waals surface area contributed by atoms with E-state index in [1.807, 2.05) is 54.6 Å². The van der Waals surface area contributed by atoms with E-state index in [0.29, 0.717) is 13.2 Å². The van der Waals surface area contributed by atoms with Crippen LogP contribution in [0.3, 0.4) is 0 Å². The summed E-state index contributed by atoms with van der Waals surface area (Å²) in [7, 11) is 0. The zero-order chi connectivity index (χ0) is 17.3. The average Bonchev–Trinajstić information content (AvgIpc) is 3.12. The maximum absolute atomic E-state index is 5.81. The molecule has 1 aromatic heterocycles. The quantitative estimate of drug-likeness (QED) is 0.513. The number of nitrogens with zero attached hydrogens (tertiary/aromatic N) is 1. The number of oxazole rings is 1. The summed E-state index contributed by atoms with van der Waals surface area (Å²) in [5.74, 6) is 4.78. The van der Waals surface area contributed by atoms with Gasteiger partial charge in [0.25, 0.3) is 0 Å². The summed E-state index contributed by atoms with van der Waals surface area (Å²) in [5, 5.41) is 0. The van der Waals surface area contributed by atoms with Crippen LogP contribution in [-0.2, 0) is 5.75 Å². The summed E-state index contributed by atoms with van der Waals surface area (Å²) < 4.78 is 16.8. The van der Waals surface area contributed by atoms with E-state index in [9.17, 15) is 0 Å². The first-order chi connectivity index (χ1) is 12.3. The molecule has 0 bridgehead atoms. The van der Waals surface area contributed by atoms with Gasteiger partial charge in [0.1, 0.15) is 11.5 Å². The second-order valence-electron chi connectivity index (χ2n) is 5.21. The van der Waals surface area contributed by atoms with Crippen molar-refractivity contribution in [1.29, 1.82) is 0 Å². The number of ether oxygens (including phenoxy) is 2. The molecular weight excluding hydrogens is 334 g/mol. The minimum absolute atomic E-state index is 0.414. The molecule has 25 heavy (non-hydrogen) atoms. The van der Waals surface area contributed by atoms with Crippen molar-refractivity contribution in [3.63, 3.8) is 0 Å². The van der Waals surface area contributed by atoms with Crippen molar-refractivity contribution in [2.45, 2.75) is 5.75 Å². The normalized spacial score (nSPS) is 10.6. The Morgan fingerprint density at radius 1 is 0.960 bits per heavy atom. The molecule has 0 N–H and O–H groups in total. The van der Waals surface area contributed by atoms with Gasteiger partial charge in [0.2, 0.25) is 5.89 Å². The summed E-state index contributed by atoms with van der Waals surface area (Å²) in [6.07, 6.45) is 1.76. The Bertz CT molecular complexity index is 756. The molecular formula is C20H20NO3S. The highest BCUT2D eigenvalue weighted by molar-refractivity contribution is 7.98. The molecule has 1 heterocycles. The third-order valence-electron chi connectivity index (χ3n) is 3.43. The van der Waals surface area contributed by atoms with Crippen LogP contribution in [0.25, 0.3) is 11.3 Å². The maximum atomic E-state index is 5.81.